The van der Waals surface area contributed by atoms with E-state index in [1.165, 1.54) is 4.90 Å². The van der Waals surface area contributed by atoms with Gasteiger partial charge in [0, 0.05) is 6.54 Å². The monoisotopic (exact) mass is 296 g/mol. The molecule has 1 aromatic rings. The van der Waals surface area contributed by atoms with Crippen molar-refractivity contribution in [3.8, 4) is 0 Å². The summed E-state index contributed by atoms with van der Waals surface area (Å²) in [6, 6.07) is 9.21. The van der Waals surface area contributed by atoms with Gasteiger partial charge in [-0.25, -0.2) is 13.6 Å². The first-order chi connectivity index (χ1) is 10.1. The molecule has 0 unspecified atom stereocenters. The van der Waals surface area contributed by atoms with E-state index in [2.05, 4.69) is 5.32 Å². The number of nitrogens with zero attached hydrogens (tertiary/aromatic N) is 1. The highest BCUT2D eigenvalue weighted by Crippen LogP contribution is 2.48. The molecule has 2 fully saturated rings. The van der Waals surface area contributed by atoms with Gasteiger partial charge in [0.05, 0.1) is 6.54 Å². The second-order valence-corrected chi connectivity index (χ2v) is 5.64. The minimum atomic E-state index is -2.84. The number of carbonyl (C=O) groups excluding carboxylic acids is 1. The number of nitrogens with one attached hydrogen (secondary N) is 1. The van der Waals surface area contributed by atoms with Gasteiger partial charge < -0.3 is 10.1 Å². The van der Waals surface area contributed by atoms with E-state index in [9.17, 15) is 13.6 Å². The maximum Gasteiger partial charge on any atom is 0.411 e. The number of hydrogen-bond donors (Lipinski definition) is 1. The standard InChI is InChI=1S/C15H18F2N2O2/c16-15(17)11-19(14(15)7-4-8-18-10-14)13(20)21-9-12-5-2-1-3-6-12/h1-3,5-6,18H,4,7-11H2/t14-/m0/s1. The second kappa shape index (κ2) is 5.26. The summed E-state index contributed by atoms with van der Waals surface area (Å²) in [4.78, 5) is 13.3. The van der Waals surface area contributed by atoms with Crippen molar-refractivity contribution in [1.29, 1.82) is 0 Å². The van der Waals surface area contributed by atoms with Crippen LogP contribution in [0.25, 0.3) is 0 Å². The molecule has 4 nitrogen and oxygen atoms in total. The average molecular weight is 296 g/mol. The third kappa shape index (κ3) is 2.37. The van der Waals surface area contributed by atoms with Gasteiger partial charge in [-0.15, -0.1) is 0 Å². The Kier molecular flexibility index (Phi) is 3.57. The van der Waals surface area contributed by atoms with Crippen molar-refractivity contribution in [3.05, 3.63) is 35.9 Å². The van der Waals surface area contributed by atoms with E-state index in [1.54, 1.807) is 0 Å². The van der Waals surface area contributed by atoms with Crippen molar-refractivity contribution in [2.24, 2.45) is 0 Å². The third-order valence-electron chi connectivity index (χ3n) is 4.34. The van der Waals surface area contributed by atoms with E-state index in [0.717, 1.165) is 5.56 Å². The number of amides is 1. The fraction of sp³-hybridized carbons (Fsp3) is 0.533. The summed E-state index contributed by atoms with van der Waals surface area (Å²) in [6.07, 6.45) is 0.291. The summed E-state index contributed by atoms with van der Waals surface area (Å²) >= 11 is 0. The van der Waals surface area contributed by atoms with Gasteiger partial charge in [0.1, 0.15) is 12.1 Å². The Morgan fingerprint density at radius 2 is 2.10 bits per heavy atom. The molecular formula is C15H18F2N2O2. The summed E-state index contributed by atoms with van der Waals surface area (Å²) in [6.45, 7) is 0.388. The summed E-state index contributed by atoms with van der Waals surface area (Å²) in [5, 5.41) is 2.96. The molecule has 0 radical (unpaired) electrons. The first kappa shape index (κ1) is 14.3. The Labute approximate surface area is 122 Å². The Morgan fingerprint density at radius 3 is 2.71 bits per heavy atom. The number of benzene rings is 1. The highest BCUT2D eigenvalue weighted by molar-refractivity contribution is 5.71. The van der Waals surface area contributed by atoms with Gasteiger partial charge in [-0.2, -0.15) is 0 Å². The van der Waals surface area contributed by atoms with Gasteiger partial charge in [-0.05, 0) is 24.9 Å². The molecule has 6 heteroatoms. The van der Waals surface area contributed by atoms with Crippen LogP contribution in [0.15, 0.2) is 30.3 Å². The van der Waals surface area contributed by atoms with Crippen molar-refractivity contribution >= 4 is 6.09 Å². The first-order valence-electron chi connectivity index (χ1n) is 7.12. The van der Waals surface area contributed by atoms with E-state index in [4.69, 9.17) is 4.74 Å². The molecule has 1 spiro atoms. The normalized spacial score (nSPS) is 27.2. The van der Waals surface area contributed by atoms with Gasteiger partial charge in [0.15, 0.2) is 0 Å². The van der Waals surface area contributed by atoms with Crippen molar-refractivity contribution in [3.63, 3.8) is 0 Å². The highest BCUT2D eigenvalue weighted by Gasteiger charge is 2.69. The number of ether oxygens (including phenoxy) is 1. The van der Waals surface area contributed by atoms with Crippen LogP contribution in [0.1, 0.15) is 18.4 Å². The summed E-state index contributed by atoms with van der Waals surface area (Å²) in [5.74, 6) is -2.84. The van der Waals surface area contributed by atoms with Gasteiger partial charge in [-0.3, -0.25) is 4.90 Å². The van der Waals surface area contributed by atoms with Gasteiger partial charge in [0.25, 0.3) is 5.92 Å². The number of hydrogen-bond acceptors (Lipinski definition) is 3. The quantitative estimate of drug-likeness (QED) is 0.911. The zero-order valence-corrected chi connectivity index (χ0v) is 11.6. The molecule has 2 aliphatic rings. The Balaban J connectivity index is 1.65. The van der Waals surface area contributed by atoms with Crippen LogP contribution in [-0.4, -0.2) is 42.1 Å². The zero-order chi connectivity index (χ0) is 14.9. The lowest BCUT2D eigenvalue weighted by Crippen LogP contribution is -2.80. The Bertz CT molecular complexity index is 516. The number of halogens is 2. The van der Waals surface area contributed by atoms with Crippen LogP contribution in [0.3, 0.4) is 0 Å². The topological polar surface area (TPSA) is 41.6 Å². The van der Waals surface area contributed by atoms with Crippen LogP contribution in [0.5, 0.6) is 0 Å². The van der Waals surface area contributed by atoms with Crippen LogP contribution in [0.4, 0.5) is 13.6 Å². The molecular weight excluding hydrogens is 278 g/mol. The molecule has 2 aliphatic heterocycles. The predicted molar refractivity (Wildman–Crippen MR) is 73.1 cm³/mol. The minimum Gasteiger partial charge on any atom is -0.445 e. The lowest BCUT2D eigenvalue weighted by Gasteiger charge is -2.58. The molecule has 1 atom stereocenters. The van der Waals surface area contributed by atoms with E-state index >= 15 is 0 Å². The summed E-state index contributed by atoms with van der Waals surface area (Å²) in [5.41, 5.74) is -0.562. The average Bonchev–Trinajstić information content (AvgIpc) is 2.52. The second-order valence-electron chi connectivity index (χ2n) is 5.64. The maximum atomic E-state index is 14.0. The molecule has 0 aromatic heterocycles. The summed E-state index contributed by atoms with van der Waals surface area (Å²) < 4.78 is 33.1. The lowest BCUT2D eigenvalue weighted by molar-refractivity contribution is -0.236. The van der Waals surface area contributed by atoms with Crippen molar-refractivity contribution < 1.29 is 18.3 Å². The lowest BCUT2D eigenvalue weighted by atomic mass is 9.75. The predicted octanol–water partition coefficient (Wildman–Crippen LogP) is 2.40. The minimum absolute atomic E-state index is 0.102. The van der Waals surface area contributed by atoms with E-state index in [0.29, 0.717) is 19.4 Å². The molecule has 2 saturated heterocycles. The molecule has 1 aromatic carbocycles. The molecule has 3 rings (SSSR count). The maximum absolute atomic E-state index is 14.0. The molecule has 0 bridgehead atoms. The fourth-order valence-electron chi connectivity index (χ4n) is 3.07. The SMILES string of the molecule is O=C(OCc1ccccc1)N1CC(F)(F)[C@@]12CCCNC2. The third-order valence-corrected chi connectivity index (χ3v) is 4.34. The highest BCUT2D eigenvalue weighted by atomic mass is 19.3. The van der Waals surface area contributed by atoms with Crippen molar-refractivity contribution in [1.82, 2.24) is 10.2 Å². The fourth-order valence-corrected chi connectivity index (χ4v) is 3.07. The molecule has 1 amide bonds. The van der Waals surface area contributed by atoms with Crippen LogP contribution in [-0.2, 0) is 11.3 Å². The number of carbonyl (C=O) groups is 1. The largest absolute Gasteiger partial charge is 0.445 e. The van der Waals surface area contributed by atoms with Crippen molar-refractivity contribution in [2.75, 3.05) is 19.6 Å². The smallest absolute Gasteiger partial charge is 0.411 e. The molecule has 0 aliphatic carbocycles. The molecule has 114 valence electrons. The zero-order valence-electron chi connectivity index (χ0n) is 11.6. The van der Waals surface area contributed by atoms with Crippen LogP contribution >= 0.6 is 0 Å². The first-order valence-corrected chi connectivity index (χ1v) is 7.12. The van der Waals surface area contributed by atoms with Crippen LogP contribution in [0, 0.1) is 0 Å². The van der Waals surface area contributed by atoms with Crippen molar-refractivity contribution in [2.45, 2.75) is 30.9 Å². The number of likely N-dealkylation sites (tertiary alicyclic amines) is 1. The molecule has 0 saturated carbocycles. The Morgan fingerprint density at radius 1 is 1.33 bits per heavy atom. The number of alkyl halides is 2. The van der Waals surface area contributed by atoms with Gasteiger partial charge in [-0.1, -0.05) is 30.3 Å². The number of rotatable bonds is 2. The van der Waals surface area contributed by atoms with Crippen LogP contribution < -0.4 is 5.32 Å². The van der Waals surface area contributed by atoms with E-state index in [1.807, 2.05) is 30.3 Å². The number of piperidine rings is 1. The molecule has 21 heavy (non-hydrogen) atoms. The Hall–Kier alpha value is -1.69. The van der Waals surface area contributed by atoms with Gasteiger partial charge in [0.2, 0.25) is 0 Å². The van der Waals surface area contributed by atoms with Gasteiger partial charge >= 0.3 is 6.09 Å². The van der Waals surface area contributed by atoms with E-state index in [-0.39, 0.29) is 13.2 Å². The molecule has 1 N–H and O–H groups in total. The summed E-state index contributed by atoms with van der Waals surface area (Å²) in [7, 11) is 0. The van der Waals surface area contributed by atoms with E-state index < -0.39 is 24.1 Å². The van der Waals surface area contributed by atoms with Crippen LogP contribution in [0.2, 0.25) is 0 Å². The molecule has 2 heterocycles.